The Labute approximate surface area is 103 Å². The highest BCUT2D eigenvalue weighted by atomic mass is 16.5. The summed E-state index contributed by atoms with van der Waals surface area (Å²) in [5.41, 5.74) is 0.674. The van der Waals surface area contributed by atoms with Gasteiger partial charge in [-0.3, -0.25) is 5.32 Å². The van der Waals surface area contributed by atoms with Gasteiger partial charge in [0.2, 0.25) is 0 Å². The molecule has 1 atom stereocenters. The second-order valence-corrected chi connectivity index (χ2v) is 4.73. The van der Waals surface area contributed by atoms with Crippen molar-refractivity contribution in [2.24, 2.45) is 5.92 Å². The topological polar surface area (TPSA) is 47.6 Å². The summed E-state index contributed by atoms with van der Waals surface area (Å²) < 4.78 is 10.0. The normalized spacial score (nSPS) is 27.6. The van der Waals surface area contributed by atoms with Crippen molar-refractivity contribution >= 4 is 5.97 Å². The van der Waals surface area contributed by atoms with E-state index in [4.69, 9.17) is 4.74 Å². The Morgan fingerprint density at radius 1 is 1.53 bits per heavy atom. The molecule has 0 bridgehead atoms. The van der Waals surface area contributed by atoms with Gasteiger partial charge in [0, 0.05) is 0 Å². The van der Waals surface area contributed by atoms with E-state index < -0.39 is 0 Å². The first kappa shape index (κ1) is 14.2. The van der Waals surface area contributed by atoms with E-state index >= 15 is 0 Å². The van der Waals surface area contributed by atoms with Crippen LogP contribution in [0.3, 0.4) is 0 Å². The van der Waals surface area contributed by atoms with E-state index in [0.717, 1.165) is 26.0 Å². The van der Waals surface area contributed by atoms with Crippen LogP contribution < -0.4 is 5.32 Å². The number of hydrogen-bond acceptors (Lipinski definition) is 4. The molecule has 4 heteroatoms. The van der Waals surface area contributed by atoms with E-state index in [1.165, 1.54) is 6.26 Å². The fourth-order valence-electron chi connectivity index (χ4n) is 1.91. The molecule has 1 fully saturated rings. The molecule has 17 heavy (non-hydrogen) atoms. The Hall–Kier alpha value is -0.870. The Balaban J connectivity index is 0.000000202. The maximum atomic E-state index is 9.94. The molecular weight excluding hydrogens is 218 g/mol. The van der Waals surface area contributed by atoms with Crippen LogP contribution in [0.4, 0.5) is 0 Å². The van der Waals surface area contributed by atoms with E-state index in [9.17, 15) is 4.79 Å². The summed E-state index contributed by atoms with van der Waals surface area (Å²) in [5.74, 6) is 0.364. The summed E-state index contributed by atoms with van der Waals surface area (Å²) in [5, 5.41) is 3.46. The molecular formula is C13H23NO3. The minimum absolute atomic E-state index is 0.0295. The first-order valence-corrected chi connectivity index (χ1v) is 6.28. The first-order chi connectivity index (χ1) is 8.02. The molecule has 2 rings (SSSR count). The van der Waals surface area contributed by atoms with Gasteiger partial charge in [0.1, 0.15) is 12.0 Å². The van der Waals surface area contributed by atoms with Crippen LogP contribution in [0.25, 0.3) is 0 Å². The lowest BCUT2D eigenvalue weighted by molar-refractivity contribution is -0.138. The zero-order valence-electron chi connectivity index (χ0n) is 11.2. The van der Waals surface area contributed by atoms with Crippen LogP contribution in [-0.2, 0) is 14.3 Å². The Kier molecular flexibility index (Phi) is 5.15. The molecule has 4 nitrogen and oxygen atoms in total. The SMILES string of the molecule is CC1=COC1=O.CCC1(C(C)C)NCCCO1. The van der Waals surface area contributed by atoms with Crippen LogP contribution in [0, 0.1) is 5.92 Å². The van der Waals surface area contributed by atoms with Gasteiger partial charge in [-0.25, -0.2) is 4.79 Å². The maximum Gasteiger partial charge on any atom is 0.341 e. The van der Waals surface area contributed by atoms with E-state index in [2.05, 4.69) is 30.8 Å². The largest absolute Gasteiger partial charge is 0.430 e. The smallest absolute Gasteiger partial charge is 0.341 e. The highest BCUT2D eigenvalue weighted by molar-refractivity contribution is 5.92. The fraction of sp³-hybridized carbons (Fsp3) is 0.769. The minimum Gasteiger partial charge on any atom is -0.430 e. The molecule has 0 radical (unpaired) electrons. The molecule has 1 unspecified atom stereocenters. The minimum atomic E-state index is -0.199. The number of cyclic esters (lactones) is 1. The molecule has 2 heterocycles. The average Bonchev–Trinajstić information content (AvgIpc) is 2.37. The summed E-state index contributed by atoms with van der Waals surface area (Å²) >= 11 is 0. The summed E-state index contributed by atoms with van der Waals surface area (Å²) in [6.45, 7) is 10.3. The van der Waals surface area contributed by atoms with Gasteiger partial charge in [0.15, 0.2) is 0 Å². The zero-order chi connectivity index (χ0) is 12.9. The van der Waals surface area contributed by atoms with Gasteiger partial charge in [0.05, 0.1) is 12.2 Å². The molecule has 2 aliphatic heterocycles. The van der Waals surface area contributed by atoms with Gasteiger partial charge in [-0.2, -0.15) is 0 Å². The third-order valence-electron chi connectivity index (χ3n) is 3.23. The number of carbonyl (C=O) groups excluding carboxylic acids is 1. The fourth-order valence-corrected chi connectivity index (χ4v) is 1.91. The van der Waals surface area contributed by atoms with Crippen molar-refractivity contribution in [1.82, 2.24) is 5.32 Å². The molecule has 1 saturated heterocycles. The van der Waals surface area contributed by atoms with Gasteiger partial charge in [-0.15, -0.1) is 0 Å². The summed E-state index contributed by atoms with van der Waals surface area (Å²) in [4.78, 5) is 9.94. The van der Waals surface area contributed by atoms with Crippen molar-refractivity contribution < 1.29 is 14.3 Å². The molecule has 1 N–H and O–H groups in total. The molecule has 0 amide bonds. The molecule has 0 saturated carbocycles. The van der Waals surface area contributed by atoms with Crippen LogP contribution in [0.15, 0.2) is 11.8 Å². The zero-order valence-corrected chi connectivity index (χ0v) is 11.2. The number of nitrogens with one attached hydrogen (secondary N) is 1. The number of esters is 1. The van der Waals surface area contributed by atoms with Crippen molar-refractivity contribution in [2.45, 2.75) is 46.3 Å². The summed E-state index contributed by atoms with van der Waals surface area (Å²) in [6.07, 6.45) is 3.64. The number of rotatable bonds is 2. The molecule has 2 aliphatic rings. The lowest BCUT2D eigenvalue weighted by Gasteiger charge is -2.41. The van der Waals surface area contributed by atoms with E-state index in [-0.39, 0.29) is 11.7 Å². The predicted octanol–water partition coefficient (Wildman–Crippen LogP) is 2.21. The van der Waals surface area contributed by atoms with E-state index in [0.29, 0.717) is 11.5 Å². The number of hydrogen-bond donors (Lipinski definition) is 1. The highest BCUT2D eigenvalue weighted by Crippen LogP contribution is 2.25. The average molecular weight is 241 g/mol. The monoisotopic (exact) mass is 241 g/mol. The number of carbonyl (C=O) groups is 1. The maximum absolute atomic E-state index is 9.94. The Bertz CT molecular complexity index is 291. The van der Waals surface area contributed by atoms with Gasteiger partial charge in [-0.1, -0.05) is 20.8 Å². The lowest BCUT2D eigenvalue weighted by Crippen LogP contribution is -2.55. The molecule has 0 aromatic rings. The Morgan fingerprint density at radius 2 is 2.18 bits per heavy atom. The Morgan fingerprint density at radius 3 is 2.35 bits per heavy atom. The van der Waals surface area contributed by atoms with Gasteiger partial charge in [0.25, 0.3) is 0 Å². The van der Waals surface area contributed by atoms with Crippen LogP contribution in [0.5, 0.6) is 0 Å². The second-order valence-electron chi connectivity index (χ2n) is 4.73. The molecule has 0 aromatic carbocycles. The van der Waals surface area contributed by atoms with Crippen molar-refractivity contribution in [1.29, 1.82) is 0 Å². The molecule has 0 aliphatic carbocycles. The van der Waals surface area contributed by atoms with Crippen molar-refractivity contribution in [3.8, 4) is 0 Å². The predicted molar refractivity (Wildman–Crippen MR) is 66.3 cm³/mol. The molecule has 0 spiro atoms. The van der Waals surface area contributed by atoms with Crippen LogP contribution >= 0.6 is 0 Å². The van der Waals surface area contributed by atoms with Crippen molar-refractivity contribution in [3.63, 3.8) is 0 Å². The third-order valence-corrected chi connectivity index (χ3v) is 3.23. The summed E-state index contributed by atoms with van der Waals surface area (Å²) in [6, 6.07) is 0. The molecule has 98 valence electrons. The van der Waals surface area contributed by atoms with Gasteiger partial charge < -0.3 is 9.47 Å². The third kappa shape index (κ3) is 3.54. The second kappa shape index (κ2) is 6.17. The van der Waals surface area contributed by atoms with E-state index in [1.807, 2.05) is 0 Å². The van der Waals surface area contributed by atoms with Gasteiger partial charge >= 0.3 is 5.97 Å². The standard InChI is InChI=1S/C9H19NO.C4H4O2/c1-4-9(8(2)3)10-6-5-7-11-9;1-3-2-6-4(3)5/h8,10H,4-7H2,1-3H3;2H,1H3. The highest BCUT2D eigenvalue weighted by Gasteiger charge is 2.33. The van der Waals surface area contributed by atoms with Crippen LogP contribution in [0.2, 0.25) is 0 Å². The van der Waals surface area contributed by atoms with E-state index in [1.54, 1.807) is 6.92 Å². The first-order valence-electron chi connectivity index (χ1n) is 6.28. The summed E-state index contributed by atoms with van der Waals surface area (Å²) in [7, 11) is 0. The van der Waals surface area contributed by atoms with Crippen molar-refractivity contribution in [2.75, 3.05) is 13.2 Å². The lowest BCUT2D eigenvalue weighted by atomic mass is 9.95. The van der Waals surface area contributed by atoms with Crippen LogP contribution in [0.1, 0.15) is 40.5 Å². The quantitative estimate of drug-likeness (QED) is 0.753. The molecule has 0 aromatic heterocycles. The van der Waals surface area contributed by atoms with Gasteiger partial charge in [-0.05, 0) is 32.2 Å². The van der Waals surface area contributed by atoms with Crippen molar-refractivity contribution in [3.05, 3.63) is 11.8 Å². The number of ether oxygens (including phenoxy) is 2. The van der Waals surface area contributed by atoms with Crippen LogP contribution in [-0.4, -0.2) is 24.8 Å².